The molecule has 2 aliphatic rings. The average molecular weight is 437 g/mol. The third-order valence-electron chi connectivity index (χ3n) is 4.78. The van der Waals surface area contributed by atoms with E-state index >= 15 is 4.39 Å². The van der Waals surface area contributed by atoms with Crippen molar-refractivity contribution in [2.75, 3.05) is 6.61 Å². The molecule has 2 amide bonds. The van der Waals surface area contributed by atoms with Gasteiger partial charge in [0.1, 0.15) is 18.8 Å². The maximum Gasteiger partial charge on any atom is 0.303 e. The first-order valence-electron chi connectivity index (χ1n) is 9.36. The van der Waals surface area contributed by atoms with E-state index < -0.39 is 67.0 Å². The molecular weight excluding hydrogens is 417 g/mol. The monoisotopic (exact) mass is 437 g/mol. The van der Waals surface area contributed by atoms with E-state index in [-0.39, 0.29) is 11.1 Å². The predicted octanol–water partition coefficient (Wildman–Crippen LogP) is 0.772. The highest BCUT2D eigenvalue weighted by Crippen LogP contribution is 2.35. The Morgan fingerprint density at radius 2 is 1.45 bits per heavy atom. The van der Waals surface area contributed by atoms with Crippen LogP contribution < -0.4 is 0 Å². The highest BCUT2D eigenvalue weighted by Gasteiger charge is 2.57. The van der Waals surface area contributed by atoms with E-state index in [4.69, 9.17) is 18.9 Å². The number of carbonyl (C=O) groups is 5. The SMILES string of the molecule is CC(=O)OC[C@@H]1O[C@H](F)[C@H](N2C(=O)c3ccccc3C2=O)[C@@H](OC(C)=O)[C@@H]1OC(C)=O. The molecule has 31 heavy (non-hydrogen) atoms. The maximum atomic E-state index is 15.2. The Labute approximate surface area is 176 Å². The number of benzene rings is 1. The number of imide groups is 1. The van der Waals surface area contributed by atoms with Crippen LogP contribution in [0.15, 0.2) is 24.3 Å². The fourth-order valence-electron chi connectivity index (χ4n) is 3.62. The van der Waals surface area contributed by atoms with Gasteiger partial charge < -0.3 is 18.9 Å². The number of alkyl halides is 1. The van der Waals surface area contributed by atoms with Gasteiger partial charge >= 0.3 is 17.9 Å². The molecule has 0 aliphatic carbocycles. The summed E-state index contributed by atoms with van der Waals surface area (Å²) in [6.07, 6.45) is -6.73. The molecule has 1 saturated heterocycles. The lowest BCUT2D eigenvalue weighted by Crippen LogP contribution is -2.66. The standard InChI is InChI=1S/C20H20FNO9/c1-9(23)28-8-14-16(29-10(2)24)17(30-11(3)25)15(18(21)31-14)22-19(26)12-6-4-5-7-13(12)20(22)27/h4-7,14-18H,8H2,1-3H3/t14-,15+,16+,17+,18-/m0/s1. The lowest BCUT2D eigenvalue weighted by molar-refractivity contribution is -0.253. The number of fused-ring (bicyclic) bond motifs is 1. The zero-order valence-electron chi connectivity index (χ0n) is 16.9. The Hall–Kier alpha value is -3.34. The molecule has 1 aromatic carbocycles. The average Bonchev–Trinajstić information content (AvgIpc) is 2.93. The zero-order chi connectivity index (χ0) is 22.9. The summed E-state index contributed by atoms with van der Waals surface area (Å²) in [6.45, 7) is 2.70. The van der Waals surface area contributed by atoms with E-state index in [1.807, 2.05) is 0 Å². The number of amides is 2. The molecule has 3 rings (SSSR count). The third-order valence-corrected chi connectivity index (χ3v) is 4.78. The van der Waals surface area contributed by atoms with Crippen LogP contribution in [0.1, 0.15) is 41.5 Å². The van der Waals surface area contributed by atoms with Crippen LogP contribution in [0.2, 0.25) is 0 Å². The van der Waals surface area contributed by atoms with Gasteiger partial charge in [0.15, 0.2) is 12.2 Å². The van der Waals surface area contributed by atoms with Crippen molar-refractivity contribution in [3.05, 3.63) is 35.4 Å². The molecule has 0 N–H and O–H groups in total. The summed E-state index contributed by atoms with van der Waals surface area (Å²) in [6, 6.07) is 4.14. The fraction of sp³-hybridized carbons (Fsp3) is 0.450. The van der Waals surface area contributed by atoms with Crippen molar-refractivity contribution in [1.29, 1.82) is 0 Å². The minimum Gasteiger partial charge on any atom is -0.463 e. The number of rotatable bonds is 5. The summed E-state index contributed by atoms with van der Waals surface area (Å²) in [5, 5.41) is 0. The second kappa shape index (κ2) is 8.80. The van der Waals surface area contributed by atoms with E-state index in [9.17, 15) is 24.0 Å². The van der Waals surface area contributed by atoms with Crippen LogP contribution in [0.25, 0.3) is 0 Å². The van der Waals surface area contributed by atoms with Crippen molar-refractivity contribution in [2.45, 2.75) is 51.5 Å². The molecule has 0 spiro atoms. The van der Waals surface area contributed by atoms with Crippen molar-refractivity contribution < 1.29 is 47.3 Å². The van der Waals surface area contributed by atoms with Gasteiger partial charge in [-0.05, 0) is 12.1 Å². The first-order valence-corrected chi connectivity index (χ1v) is 9.36. The summed E-state index contributed by atoms with van der Waals surface area (Å²) < 4.78 is 35.7. The number of hydrogen-bond acceptors (Lipinski definition) is 9. The number of carbonyl (C=O) groups excluding carboxylic acids is 5. The Kier molecular flexibility index (Phi) is 6.34. The largest absolute Gasteiger partial charge is 0.463 e. The topological polar surface area (TPSA) is 126 Å². The van der Waals surface area contributed by atoms with Gasteiger partial charge in [-0.2, -0.15) is 0 Å². The molecular formula is C20H20FNO9. The molecule has 166 valence electrons. The molecule has 0 aromatic heterocycles. The van der Waals surface area contributed by atoms with E-state index in [0.29, 0.717) is 4.90 Å². The summed E-state index contributed by atoms with van der Waals surface area (Å²) in [5.74, 6) is -4.02. The van der Waals surface area contributed by atoms with Gasteiger partial charge in [0.25, 0.3) is 11.8 Å². The fourth-order valence-corrected chi connectivity index (χ4v) is 3.62. The highest BCUT2D eigenvalue weighted by atomic mass is 19.1. The quantitative estimate of drug-likeness (QED) is 0.373. The lowest BCUT2D eigenvalue weighted by Gasteiger charge is -2.44. The van der Waals surface area contributed by atoms with Gasteiger partial charge in [-0.25, -0.2) is 4.39 Å². The summed E-state index contributed by atoms with van der Waals surface area (Å²) in [5.41, 5.74) is 0.0969. The highest BCUT2D eigenvalue weighted by molar-refractivity contribution is 6.21. The molecule has 10 nitrogen and oxygen atoms in total. The van der Waals surface area contributed by atoms with Crippen LogP contribution >= 0.6 is 0 Å². The Bertz CT molecular complexity index is 898. The van der Waals surface area contributed by atoms with Gasteiger partial charge in [-0.1, -0.05) is 12.1 Å². The van der Waals surface area contributed by atoms with Gasteiger partial charge in [0.2, 0.25) is 6.36 Å². The van der Waals surface area contributed by atoms with Crippen LogP contribution in [-0.4, -0.2) is 71.9 Å². The van der Waals surface area contributed by atoms with Gasteiger partial charge in [0.05, 0.1) is 11.1 Å². The number of hydrogen-bond donors (Lipinski definition) is 0. The van der Waals surface area contributed by atoms with E-state index in [1.54, 1.807) is 0 Å². The van der Waals surface area contributed by atoms with Crippen LogP contribution in [0.4, 0.5) is 4.39 Å². The van der Waals surface area contributed by atoms with Crippen LogP contribution in [0.5, 0.6) is 0 Å². The molecule has 5 atom stereocenters. The Morgan fingerprint density at radius 3 is 1.94 bits per heavy atom. The smallest absolute Gasteiger partial charge is 0.303 e. The second-order valence-corrected chi connectivity index (χ2v) is 6.99. The summed E-state index contributed by atoms with van der Waals surface area (Å²) >= 11 is 0. The Morgan fingerprint density at radius 1 is 0.935 bits per heavy atom. The zero-order valence-corrected chi connectivity index (χ0v) is 16.9. The van der Waals surface area contributed by atoms with Gasteiger partial charge in [-0.15, -0.1) is 0 Å². The summed E-state index contributed by atoms with van der Waals surface area (Å²) in [7, 11) is 0. The molecule has 0 radical (unpaired) electrons. The van der Waals surface area contributed by atoms with E-state index in [0.717, 1.165) is 20.8 Å². The van der Waals surface area contributed by atoms with E-state index in [1.165, 1.54) is 24.3 Å². The van der Waals surface area contributed by atoms with Crippen molar-refractivity contribution in [3.8, 4) is 0 Å². The molecule has 2 heterocycles. The first-order chi connectivity index (χ1) is 14.6. The summed E-state index contributed by atoms with van der Waals surface area (Å²) in [4.78, 5) is 61.0. The van der Waals surface area contributed by atoms with Crippen molar-refractivity contribution >= 4 is 29.7 Å². The normalized spacial score (nSPS) is 27.5. The van der Waals surface area contributed by atoms with Crippen LogP contribution in [0.3, 0.4) is 0 Å². The molecule has 1 fully saturated rings. The molecule has 0 saturated carbocycles. The molecule has 0 bridgehead atoms. The minimum atomic E-state index is -2.32. The van der Waals surface area contributed by atoms with Crippen LogP contribution in [0, 0.1) is 0 Å². The van der Waals surface area contributed by atoms with Gasteiger partial charge in [0, 0.05) is 20.8 Å². The van der Waals surface area contributed by atoms with E-state index in [2.05, 4.69) is 0 Å². The maximum absolute atomic E-state index is 15.2. The van der Waals surface area contributed by atoms with Gasteiger partial charge in [-0.3, -0.25) is 28.9 Å². The third kappa shape index (κ3) is 4.41. The number of esters is 3. The predicted molar refractivity (Wildman–Crippen MR) is 98.2 cm³/mol. The molecule has 11 heteroatoms. The second-order valence-electron chi connectivity index (χ2n) is 6.99. The number of nitrogens with zero attached hydrogens (tertiary/aromatic N) is 1. The number of ether oxygens (including phenoxy) is 4. The molecule has 1 aromatic rings. The van der Waals surface area contributed by atoms with Crippen molar-refractivity contribution in [2.24, 2.45) is 0 Å². The Balaban J connectivity index is 2.01. The molecule has 2 aliphatic heterocycles. The van der Waals surface area contributed by atoms with Crippen LogP contribution in [-0.2, 0) is 33.3 Å². The first kappa shape index (κ1) is 22.3. The lowest BCUT2D eigenvalue weighted by atomic mass is 9.95. The number of halogens is 1. The molecule has 0 unspecified atom stereocenters. The van der Waals surface area contributed by atoms with Crippen molar-refractivity contribution in [3.63, 3.8) is 0 Å². The van der Waals surface area contributed by atoms with Crippen molar-refractivity contribution in [1.82, 2.24) is 4.90 Å². The minimum absolute atomic E-state index is 0.0485.